The van der Waals surface area contributed by atoms with Crippen molar-refractivity contribution in [3.63, 3.8) is 0 Å². The van der Waals surface area contributed by atoms with Crippen molar-refractivity contribution < 1.29 is 18.8 Å². The summed E-state index contributed by atoms with van der Waals surface area (Å²) < 4.78 is 13.0. The summed E-state index contributed by atoms with van der Waals surface area (Å²) in [5.74, 6) is -1.35. The number of benzene rings is 2. The van der Waals surface area contributed by atoms with Crippen molar-refractivity contribution in [3.05, 3.63) is 65.5 Å². The van der Waals surface area contributed by atoms with Crippen molar-refractivity contribution in [2.45, 2.75) is 24.8 Å². The topological polar surface area (TPSA) is 78.5 Å². The molecule has 0 bridgehead atoms. The molecule has 1 fully saturated rings. The summed E-state index contributed by atoms with van der Waals surface area (Å²) >= 11 is 0. The van der Waals surface area contributed by atoms with E-state index >= 15 is 0 Å². The number of fused-ring (bicyclic) bond motifs is 2. The van der Waals surface area contributed by atoms with Gasteiger partial charge in [0.2, 0.25) is 5.91 Å². The van der Waals surface area contributed by atoms with Crippen LogP contribution in [0.4, 0.5) is 14.9 Å². The standard InChI is InChI=1S/C20H18FN3O3/c21-14-7-9-15(10-8-14)22-17(25)12-24-18(26)20(23-19(24)27)11-3-5-13-4-1-2-6-16(13)20/h1-2,4,6-10H,3,5,11-12H2,(H,22,25)(H,23,27)/t20-/m0/s1. The molecule has 1 spiro atoms. The number of hydrogen-bond donors (Lipinski definition) is 2. The van der Waals surface area contributed by atoms with E-state index in [0.717, 1.165) is 28.9 Å². The smallest absolute Gasteiger partial charge is 0.325 e. The molecule has 2 aromatic carbocycles. The van der Waals surface area contributed by atoms with Gasteiger partial charge in [-0.2, -0.15) is 0 Å². The normalized spacial score (nSPS) is 21.1. The molecule has 4 amide bonds. The zero-order valence-electron chi connectivity index (χ0n) is 14.5. The zero-order chi connectivity index (χ0) is 19.0. The van der Waals surface area contributed by atoms with Crippen LogP contribution in [-0.4, -0.2) is 29.3 Å². The van der Waals surface area contributed by atoms with Crippen molar-refractivity contribution in [3.8, 4) is 0 Å². The molecule has 0 unspecified atom stereocenters. The van der Waals surface area contributed by atoms with Crippen LogP contribution in [0.3, 0.4) is 0 Å². The summed E-state index contributed by atoms with van der Waals surface area (Å²) in [5.41, 5.74) is 1.14. The van der Waals surface area contributed by atoms with E-state index in [2.05, 4.69) is 10.6 Å². The fraction of sp³-hybridized carbons (Fsp3) is 0.250. The van der Waals surface area contributed by atoms with Crippen LogP contribution in [0, 0.1) is 5.82 Å². The number of rotatable bonds is 3. The first kappa shape index (κ1) is 17.2. The summed E-state index contributed by atoms with van der Waals surface area (Å²) in [6.07, 6.45) is 2.13. The lowest BCUT2D eigenvalue weighted by Crippen LogP contribution is -2.47. The predicted octanol–water partition coefficient (Wildman–Crippen LogP) is 2.55. The average molecular weight is 367 g/mol. The second kappa shape index (κ2) is 6.50. The minimum atomic E-state index is -1.10. The number of anilines is 1. The third-order valence-electron chi connectivity index (χ3n) is 5.08. The SMILES string of the molecule is O=C(CN1C(=O)N[C@]2(CCCc3ccccc32)C1=O)Nc1ccc(F)cc1. The Morgan fingerprint density at radius 3 is 2.67 bits per heavy atom. The maximum Gasteiger partial charge on any atom is 0.325 e. The fourth-order valence-electron chi connectivity index (χ4n) is 3.83. The molecule has 0 radical (unpaired) electrons. The number of amides is 4. The number of carbonyl (C=O) groups is 3. The first-order valence-electron chi connectivity index (χ1n) is 8.77. The van der Waals surface area contributed by atoms with E-state index in [4.69, 9.17) is 0 Å². The van der Waals surface area contributed by atoms with Gasteiger partial charge in [0.05, 0.1) is 0 Å². The molecule has 1 saturated heterocycles. The minimum absolute atomic E-state index is 0.395. The molecule has 1 aliphatic heterocycles. The van der Waals surface area contributed by atoms with Gasteiger partial charge in [-0.3, -0.25) is 14.5 Å². The molecule has 2 aliphatic rings. The van der Waals surface area contributed by atoms with Gasteiger partial charge in [-0.1, -0.05) is 24.3 Å². The third kappa shape index (κ3) is 2.95. The van der Waals surface area contributed by atoms with Gasteiger partial charge in [-0.05, 0) is 54.7 Å². The number of aryl methyl sites for hydroxylation is 1. The summed E-state index contributed by atoms with van der Waals surface area (Å²) in [6, 6.07) is 12.3. The maximum atomic E-state index is 13.1. The average Bonchev–Trinajstić information content (AvgIpc) is 2.89. The molecule has 6 nitrogen and oxygen atoms in total. The molecule has 4 rings (SSSR count). The Hall–Kier alpha value is -3.22. The number of halogens is 1. The quantitative estimate of drug-likeness (QED) is 0.819. The van der Waals surface area contributed by atoms with Crippen molar-refractivity contribution in [2.75, 3.05) is 11.9 Å². The maximum absolute atomic E-state index is 13.1. The van der Waals surface area contributed by atoms with E-state index in [0.29, 0.717) is 12.1 Å². The molecule has 2 aromatic rings. The van der Waals surface area contributed by atoms with E-state index in [-0.39, 0.29) is 0 Å². The van der Waals surface area contributed by atoms with E-state index < -0.39 is 35.7 Å². The highest BCUT2D eigenvalue weighted by atomic mass is 19.1. The summed E-state index contributed by atoms with van der Waals surface area (Å²) in [4.78, 5) is 38.8. The number of imide groups is 1. The van der Waals surface area contributed by atoms with Crippen LogP contribution in [0.2, 0.25) is 0 Å². The van der Waals surface area contributed by atoms with E-state index in [1.807, 2.05) is 24.3 Å². The van der Waals surface area contributed by atoms with Crippen LogP contribution in [-0.2, 0) is 21.5 Å². The molecule has 2 N–H and O–H groups in total. The third-order valence-corrected chi connectivity index (χ3v) is 5.08. The van der Waals surface area contributed by atoms with Crippen molar-refractivity contribution in [1.29, 1.82) is 0 Å². The molecule has 0 aromatic heterocycles. The van der Waals surface area contributed by atoms with Crippen LogP contribution in [0.15, 0.2) is 48.5 Å². The van der Waals surface area contributed by atoms with E-state index in [1.54, 1.807) is 0 Å². The fourth-order valence-corrected chi connectivity index (χ4v) is 3.83. The van der Waals surface area contributed by atoms with Crippen LogP contribution in [0.5, 0.6) is 0 Å². The number of nitrogens with one attached hydrogen (secondary N) is 2. The number of carbonyl (C=O) groups excluding carboxylic acids is 3. The van der Waals surface area contributed by atoms with Gasteiger partial charge in [0.1, 0.15) is 17.9 Å². The first-order valence-corrected chi connectivity index (χ1v) is 8.77. The Labute approximate surface area is 155 Å². The zero-order valence-corrected chi connectivity index (χ0v) is 14.5. The van der Waals surface area contributed by atoms with Crippen molar-refractivity contribution in [2.24, 2.45) is 0 Å². The molecule has 138 valence electrons. The molecular weight excluding hydrogens is 349 g/mol. The molecular formula is C20H18FN3O3. The number of nitrogens with zero attached hydrogens (tertiary/aromatic N) is 1. The first-order chi connectivity index (χ1) is 13.0. The monoisotopic (exact) mass is 367 g/mol. The van der Waals surface area contributed by atoms with Gasteiger partial charge >= 0.3 is 6.03 Å². The Balaban J connectivity index is 1.54. The molecule has 1 atom stereocenters. The predicted molar refractivity (Wildman–Crippen MR) is 96.3 cm³/mol. The Morgan fingerprint density at radius 2 is 1.89 bits per heavy atom. The van der Waals surface area contributed by atoms with Crippen molar-refractivity contribution in [1.82, 2.24) is 10.2 Å². The van der Waals surface area contributed by atoms with Crippen LogP contribution >= 0.6 is 0 Å². The van der Waals surface area contributed by atoms with Crippen molar-refractivity contribution >= 4 is 23.5 Å². The van der Waals surface area contributed by atoms with Crippen LogP contribution < -0.4 is 10.6 Å². The molecule has 7 heteroatoms. The summed E-state index contributed by atoms with van der Waals surface area (Å²) in [6.45, 7) is -0.397. The largest absolute Gasteiger partial charge is 0.325 e. The Morgan fingerprint density at radius 1 is 1.15 bits per heavy atom. The lowest BCUT2D eigenvalue weighted by atomic mass is 9.76. The second-order valence-electron chi connectivity index (χ2n) is 6.79. The number of hydrogen-bond acceptors (Lipinski definition) is 3. The van der Waals surface area contributed by atoms with E-state index in [9.17, 15) is 18.8 Å². The molecule has 1 aliphatic carbocycles. The lowest BCUT2D eigenvalue weighted by Gasteiger charge is -2.33. The summed E-state index contributed by atoms with van der Waals surface area (Å²) in [7, 11) is 0. The van der Waals surface area contributed by atoms with Crippen LogP contribution in [0.1, 0.15) is 24.0 Å². The van der Waals surface area contributed by atoms with Gasteiger partial charge in [0.15, 0.2) is 0 Å². The number of urea groups is 1. The Bertz CT molecular complexity index is 928. The lowest BCUT2D eigenvalue weighted by molar-refractivity contribution is -0.134. The highest BCUT2D eigenvalue weighted by molar-refractivity contribution is 6.10. The molecule has 27 heavy (non-hydrogen) atoms. The highest BCUT2D eigenvalue weighted by Crippen LogP contribution is 2.39. The van der Waals surface area contributed by atoms with Gasteiger partial charge < -0.3 is 10.6 Å². The summed E-state index contributed by atoms with van der Waals surface area (Å²) in [5, 5.41) is 5.38. The van der Waals surface area contributed by atoms with Gasteiger partial charge in [0, 0.05) is 5.69 Å². The van der Waals surface area contributed by atoms with Gasteiger partial charge in [-0.15, -0.1) is 0 Å². The molecule has 0 saturated carbocycles. The molecule has 1 heterocycles. The van der Waals surface area contributed by atoms with Gasteiger partial charge in [-0.25, -0.2) is 9.18 Å². The highest BCUT2D eigenvalue weighted by Gasteiger charge is 2.54. The van der Waals surface area contributed by atoms with Gasteiger partial charge in [0.25, 0.3) is 5.91 Å². The minimum Gasteiger partial charge on any atom is -0.325 e. The second-order valence-corrected chi connectivity index (χ2v) is 6.79. The Kier molecular flexibility index (Phi) is 4.14. The van der Waals surface area contributed by atoms with E-state index in [1.165, 1.54) is 24.3 Å². The van der Waals surface area contributed by atoms with Crippen LogP contribution in [0.25, 0.3) is 0 Å².